The first kappa shape index (κ1) is 16.1. The summed E-state index contributed by atoms with van der Waals surface area (Å²) in [5, 5.41) is 0. The molecule has 1 aromatic rings. The summed E-state index contributed by atoms with van der Waals surface area (Å²) in [4.78, 5) is 12.4. The molecule has 3 rings (SSSR count). The summed E-state index contributed by atoms with van der Waals surface area (Å²) in [6.45, 7) is 6.63. The lowest BCUT2D eigenvalue weighted by atomic mass is 9.96. The number of hydrogen-bond acceptors (Lipinski definition) is 3. The highest BCUT2D eigenvalue weighted by atomic mass is 32.2. The Morgan fingerprint density at radius 1 is 1.22 bits per heavy atom. The molecule has 0 N–H and O–H groups in total. The van der Waals surface area contributed by atoms with E-state index in [1.165, 1.54) is 4.31 Å². The van der Waals surface area contributed by atoms with Crippen LogP contribution in [0.5, 0.6) is 0 Å². The largest absolute Gasteiger partial charge is 0.290 e. The number of ketones is 1. The second-order valence-electron chi connectivity index (χ2n) is 6.61. The van der Waals surface area contributed by atoms with E-state index in [0.29, 0.717) is 18.0 Å². The summed E-state index contributed by atoms with van der Waals surface area (Å²) in [6.07, 6.45) is 3.57. The minimum Gasteiger partial charge on any atom is -0.290 e. The maximum absolute atomic E-state index is 12.8. The van der Waals surface area contributed by atoms with E-state index in [0.717, 1.165) is 16.7 Å². The molecule has 5 heteroatoms. The standard InChI is InChI=1S/C18H21NO3S/c1-12(2)8-16-17-11-19(10-14(17)9-18(16)20)23(21,22)15-6-4-13(3)5-7-15/h4-9,12,17H,10-11H2,1-3H3/b16-8+. The van der Waals surface area contributed by atoms with E-state index in [1.807, 2.05) is 26.8 Å². The number of fused-ring (bicyclic) bond motifs is 1. The van der Waals surface area contributed by atoms with Gasteiger partial charge >= 0.3 is 0 Å². The molecule has 23 heavy (non-hydrogen) atoms. The zero-order chi connectivity index (χ0) is 16.8. The quantitative estimate of drug-likeness (QED) is 0.800. The van der Waals surface area contributed by atoms with Crippen molar-refractivity contribution in [3.05, 3.63) is 53.1 Å². The number of carbonyl (C=O) groups is 1. The van der Waals surface area contributed by atoms with Gasteiger partial charge in [0.2, 0.25) is 10.0 Å². The van der Waals surface area contributed by atoms with Crippen LogP contribution in [0, 0.1) is 18.8 Å². The lowest BCUT2D eigenvalue weighted by molar-refractivity contribution is -0.111. The maximum atomic E-state index is 12.8. The SMILES string of the molecule is Cc1ccc(S(=O)(=O)N2CC3=CC(=O)/C(=C/C(C)C)C3C2)cc1. The molecule has 0 saturated carbocycles. The lowest BCUT2D eigenvalue weighted by Gasteiger charge is -2.17. The van der Waals surface area contributed by atoms with Crippen LogP contribution in [0.1, 0.15) is 19.4 Å². The van der Waals surface area contributed by atoms with E-state index in [4.69, 9.17) is 0 Å². The fraction of sp³-hybridized carbons (Fsp3) is 0.389. The van der Waals surface area contributed by atoms with Gasteiger partial charge in [0.25, 0.3) is 0 Å². The predicted octanol–water partition coefficient (Wildman–Crippen LogP) is 2.71. The summed E-state index contributed by atoms with van der Waals surface area (Å²) < 4.78 is 27.0. The summed E-state index contributed by atoms with van der Waals surface area (Å²) in [7, 11) is -3.51. The Labute approximate surface area is 137 Å². The summed E-state index contributed by atoms with van der Waals surface area (Å²) in [5.74, 6) is 0.223. The molecule has 1 fully saturated rings. The second-order valence-corrected chi connectivity index (χ2v) is 8.55. The third-order valence-corrected chi connectivity index (χ3v) is 6.17. The van der Waals surface area contributed by atoms with Crippen LogP contribution in [0.2, 0.25) is 0 Å². The van der Waals surface area contributed by atoms with Crippen molar-refractivity contribution in [2.75, 3.05) is 13.1 Å². The van der Waals surface area contributed by atoms with Crippen molar-refractivity contribution in [2.24, 2.45) is 11.8 Å². The monoisotopic (exact) mass is 331 g/mol. The molecule has 1 heterocycles. The normalized spacial score (nSPS) is 23.7. The van der Waals surface area contributed by atoms with Crippen molar-refractivity contribution in [3.63, 3.8) is 0 Å². The van der Waals surface area contributed by atoms with Crippen molar-refractivity contribution in [1.29, 1.82) is 0 Å². The Balaban J connectivity index is 1.89. The molecule has 0 spiro atoms. The van der Waals surface area contributed by atoms with Gasteiger partial charge < -0.3 is 0 Å². The highest BCUT2D eigenvalue weighted by Crippen LogP contribution is 2.38. The number of hydrogen-bond donors (Lipinski definition) is 0. The number of allylic oxidation sites excluding steroid dienone is 2. The number of nitrogens with zero attached hydrogens (tertiary/aromatic N) is 1. The Kier molecular flexibility index (Phi) is 4.02. The fourth-order valence-corrected chi connectivity index (χ4v) is 4.61. The first-order valence-electron chi connectivity index (χ1n) is 7.82. The van der Waals surface area contributed by atoms with Crippen LogP contribution in [0.25, 0.3) is 0 Å². The number of carbonyl (C=O) groups excluding carboxylic acids is 1. The number of aryl methyl sites for hydroxylation is 1. The van der Waals surface area contributed by atoms with Gasteiger partial charge in [-0.1, -0.05) is 37.6 Å². The van der Waals surface area contributed by atoms with Crippen molar-refractivity contribution in [1.82, 2.24) is 4.31 Å². The first-order valence-corrected chi connectivity index (χ1v) is 9.26. The molecule has 4 nitrogen and oxygen atoms in total. The minimum absolute atomic E-state index is 0.0334. The third-order valence-electron chi connectivity index (χ3n) is 4.34. The molecule has 1 saturated heterocycles. The van der Waals surface area contributed by atoms with Crippen molar-refractivity contribution in [2.45, 2.75) is 25.7 Å². The zero-order valence-corrected chi connectivity index (χ0v) is 14.4. The van der Waals surface area contributed by atoms with Crippen LogP contribution in [0.3, 0.4) is 0 Å². The van der Waals surface area contributed by atoms with Crippen molar-refractivity contribution < 1.29 is 13.2 Å². The number of rotatable bonds is 3. The molecular formula is C18H21NO3S. The van der Waals surface area contributed by atoms with Gasteiger partial charge in [0, 0.05) is 24.6 Å². The van der Waals surface area contributed by atoms with Crippen LogP contribution in [0.15, 0.2) is 52.5 Å². The molecule has 1 aliphatic carbocycles. The molecular weight excluding hydrogens is 310 g/mol. The van der Waals surface area contributed by atoms with Gasteiger partial charge in [-0.25, -0.2) is 8.42 Å². The smallest absolute Gasteiger partial charge is 0.243 e. The Bertz CT molecular complexity index is 801. The Hall–Kier alpha value is -1.72. The van der Waals surface area contributed by atoms with Crippen molar-refractivity contribution >= 4 is 15.8 Å². The molecule has 0 amide bonds. The van der Waals surface area contributed by atoms with Gasteiger partial charge in [-0.2, -0.15) is 4.31 Å². The van der Waals surface area contributed by atoms with Crippen molar-refractivity contribution in [3.8, 4) is 0 Å². The Morgan fingerprint density at radius 3 is 2.48 bits per heavy atom. The molecule has 1 unspecified atom stereocenters. The maximum Gasteiger partial charge on any atom is 0.243 e. The molecule has 0 bridgehead atoms. The van der Waals surface area contributed by atoms with Crippen LogP contribution in [-0.2, 0) is 14.8 Å². The summed E-state index contributed by atoms with van der Waals surface area (Å²) >= 11 is 0. The van der Waals surface area contributed by atoms with Gasteiger partial charge in [-0.05, 0) is 36.6 Å². The van der Waals surface area contributed by atoms with E-state index >= 15 is 0 Å². The zero-order valence-electron chi connectivity index (χ0n) is 13.6. The van der Waals surface area contributed by atoms with Gasteiger partial charge in [0.05, 0.1) is 4.90 Å². The third kappa shape index (κ3) is 2.91. The molecule has 1 aromatic carbocycles. The highest BCUT2D eigenvalue weighted by Gasteiger charge is 2.42. The molecule has 1 atom stereocenters. The van der Waals surface area contributed by atoms with E-state index in [2.05, 4.69) is 0 Å². The van der Waals surface area contributed by atoms with Crippen LogP contribution >= 0.6 is 0 Å². The van der Waals surface area contributed by atoms with Gasteiger partial charge in [0.1, 0.15) is 0 Å². The molecule has 0 radical (unpaired) electrons. The van der Waals surface area contributed by atoms with E-state index in [1.54, 1.807) is 30.3 Å². The molecule has 0 aromatic heterocycles. The number of sulfonamides is 1. The summed E-state index contributed by atoms with van der Waals surface area (Å²) in [6, 6.07) is 6.89. The lowest BCUT2D eigenvalue weighted by Crippen LogP contribution is -2.29. The second kappa shape index (κ2) is 5.73. The minimum atomic E-state index is -3.51. The summed E-state index contributed by atoms with van der Waals surface area (Å²) in [5.41, 5.74) is 2.69. The van der Waals surface area contributed by atoms with Gasteiger partial charge in [-0.15, -0.1) is 0 Å². The predicted molar refractivity (Wildman–Crippen MR) is 89.4 cm³/mol. The molecule has 122 valence electrons. The first-order chi connectivity index (χ1) is 10.8. The van der Waals surface area contributed by atoms with E-state index in [-0.39, 0.29) is 17.6 Å². The number of benzene rings is 1. The van der Waals surface area contributed by atoms with Gasteiger partial charge in [-0.3, -0.25) is 4.79 Å². The van der Waals surface area contributed by atoms with E-state index < -0.39 is 10.0 Å². The highest BCUT2D eigenvalue weighted by molar-refractivity contribution is 7.89. The topological polar surface area (TPSA) is 54.5 Å². The van der Waals surface area contributed by atoms with E-state index in [9.17, 15) is 13.2 Å². The van der Waals surface area contributed by atoms with Crippen LogP contribution < -0.4 is 0 Å². The molecule has 2 aliphatic rings. The van der Waals surface area contributed by atoms with Crippen LogP contribution in [0.4, 0.5) is 0 Å². The fourth-order valence-electron chi connectivity index (χ4n) is 3.17. The van der Waals surface area contributed by atoms with Crippen LogP contribution in [-0.4, -0.2) is 31.6 Å². The Morgan fingerprint density at radius 2 is 1.87 bits per heavy atom. The molecule has 1 aliphatic heterocycles. The van der Waals surface area contributed by atoms with Gasteiger partial charge in [0.15, 0.2) is 5.78 Å². The average Bonchev–Trinajstić information content (AvgIpc) is 2.99. The average molecular weight is 331 g/mol.